The number of hydrogen-bond acceptors (Lipinski definition) is 0. The van der Waals surface area contributed by atoms with Crippen molar-refractivity contribution in [3.63, 3.8) is 0 Å². The molecule has 0 radical (unpaired) electrons. The van der Waals surface area contributed by atoms with Crippen molar-refractivity contribution in [3.05, 3.63) is 12.7 Å². The molecule has 0 aromatic rings. The largest absolute Gasteiger partial charge is 0.103 e. The van der Waals surface area contributed by atoms with Crippen molar-refractivity contribution in [1.29, 1.82) is 0 Å². The van der Waals surface area contributed by atoms with Crippen LogP contribution in [0.3, 0.4) is 0 Å². The van der Waals surface area contributed by atoms with E-state index < -0.39 is 0 Å². The molecule has 0 saturated heterocycles. The van der Waals surface area contributed by atoms with E-state index in [0.717, 1.165) is 5.92 Å². The predicted molar refractivity (Wildman–Crippen MR) is 57.3 cm³/mol. The Morgan fingerprint density at radius 2 is 1.83 bits per heavy atom. The van der Waals surface area contributed by atoms with Crippen molar-refractivity contribution >= 4 is 0 Å². The monoisotopic (exact) mass is 168 g/mol. The molecule has 0 fully saturated rings. The van der Waals surface area contributed by atoms with E-state index in [4.69, 9.17) is 0 Å². The second-order valence-electron chi connectivity index (χ2n) is 3.92. The zero-order valence-corrected chi connectivity index (χ0v) is 8.97. The summed E-state index contributed by atoms with van der Waals surface area (Å²) in [5.74, 6) is 1.51. The standard InChI is InChI=1S/C12H24/c1-5-7-8-9-10-12(4)11(3)6-2/h6,11-12H,2,5,7-10H2,1,3-4H3. The molecule has 0 heteroatoms. The van der Waals surface area contributed by atoms with Crippen LogP contribution in [0.1, 0.15) is 52.9 Å². The van der Waals surface area contributed by atoms with Gasteiger partial charge in [-0.05, 0) is 11.8 Å². The molecule has 0 aliphatic rings. The Morgan fingerprint density at radius 1 is 1.17 bits per heavy atom. The van der Waals surface area contributed by atoms with Crippen LogP contribution in [0.25, 0.3) is 0 Å². The van der Waals surface area contributed by atoms with E-state index in [0.29, 0.717) is 5.92 Å². The van der Waals surface area contributed by atoms with Crippen molar-refractivity contribution in [1.82, 2.24) is 0 Å². The maximum atomic E-state index is 3.83. The average Bonchev–Trinajstić information content (AvgIpc) is 2.10. The lowest BCUT2D eigenvalue weighted by Gasteiger charge is -2.15. The highest BCUT2D eigenvalue weighted by Crippen LogP contribution is 2.19. The zero-order chi connectivity index (χ0) is 9.40. The Labute approximate surface area is 78.1 Å². The van der Waals surface area contributed by atoms with Crippen LogP contribution in [0.2, 0.25) is 0 Å². The lowest BCUT2D eigenvalue weighted by molar-refractivity contribution is 0.407. The summed E-state index contributed by atoms with van der Waals surface area (Å²) in [6.45, 7) is 10.7. The third-order valence-electron chi connectivity index (χ3n) is 2.78. The second kappa shape index (κ2) is 7.39. The number of allylic oxidation sites excluding steroid dienone is 1. The first-order valence-corrected chi connectivity index (χ1v) is 5.34. The van der Waals surface area contributed by atoms with Gasteiger partial charge in [-0.1, -0.05) is 59.0 Å². The lowest BCUT2D eigenvalue weighted by atomic mass is 9.91. The minimum atomic E-state index is 0.687. The van der Waals surface area contributed by atoms with E-state index in [2.05, 4.69) is 33.4 Å². The van der Waals surface area contributed by atoms with Crippen LogP contribution in [0, 0.1) is 11.8 Å². The highest BCUT2D eigenvalue weighted by atomic mass is 14.1. The first kappa shape index (κ1) is 11.7. The molecule has 0 aliphatic heterocycles. The summed E-state index contributed by atoms with van der Waals surface area (Å²) in [6.07, 6.45) is 8.98. The van der Waals surface area contributed by atoms with Gasteiger partial charge < -0.3 is 0 Å². The normalized spacial score (nSPS) is 15.6. The van der Waals surface area contributed by atoms with Gasteiger partial charge in [-0.15, -0.1) is 6.58 Å². The molecular formula is C12H24. The highest BCUT2D eigenvalue weighted by Gasteiger charge is 2.07. The van der Waals surface area contributed by atoms with Gasteiger partial charge in [0.15, 0.2) is 0 Å². The van der Waals surface area contributed by atoms with Gasteiger partial charge in [0.2, 0.25) is 0 Å². The molecule has 12 heavy (non-hydrogen) atoms. The van der Waals surface area contributed by atoms with Gasteiger partial charge >= 0.3 is 0 Å². The molecule has 72 valence electrons. The number of hydrogen-bond donors (Lipinski definition) is 0. The molecule has 0 aromatic heterocycles. The Hall–Kier alpha value is -0.260. The number of unbranched alkanes of at least 4 members (excludes halogenated alkanes) is 3. The van der Waals surface area contributed by atoms with Crippen LogP contribution in [-0.4, -0.2) is 0 Å². The fourth-order valence-corrected chi connectivity index (χ4v) is 1.39. The van der Waals surface area contributed by atoms with Crippen molar-refractivity contribution in [2.45, 2.75) is 52.9 Å². The quantitative estimate of drug-likeness (QED) is 0.390. The summed E-state index contributed by atoms with van der Waals surface area (Å²) in [5, 5.41) is 0. The van der Waals surface area contributed by atoms with E-state index in [1.165, 1.54) is 32.1 Å². The third-order valence-corrected chi connectivity index (χ3v) is 2.78. The maximum absolute atomic E-state index is 3.83. The molecule has 0 aliphatic carbocycles. The molecule has 0 saturated carbocycles. The molecule has 0 bridgehead atoms. The molecule has 2 unspecified atom stereocenters. The molecule has 0 aromatic carbocycles. The van der Waals surface area contributed by atoms with Crippen molar-refractivity contribution in [3.8, 4) is 0 Å². The average molecular weight is 168 g/mol. The minimum absolute atomic E-state index is 0.687. The Kier molecular flexibility index (Phi) is 7.23. The summed E-state index contributed by atoms with van der Waals surface area (Å²) in [6, 6.07) is 0. The van der Waals surface area contributed by atoms with Crippen LogP contribution in [-0.2, 0) is 0 Å². The first-order valence-electron chi connectivity index (χ1n) is 5.34. The third kappa shape index (κ3) is 5.40. The summed E-state index contributed by atoms with van der Waals surface area (Å²) < 4.78 is 0. The summed E-state index contributed by atoms with van der Waals surface area (Å²) in [5.41, 5.74) is 0. The highest BCUT2D eigenvalue weighted by molar-refractivity contribution is 4.78. The van der Waals surface area contributed by atoms with Crippen LogP contribution in [0.15, 0.2) is 12.7 Å². The van der Waals surface area contributed by atoms with E-state index in [9.17, 15) is 0 Å². The van der Waals surface area contributed by atoms with Gasteiger partial charge in [0.25, 0.3) is 0 Å². The first-order chi connectivity index (χ1) is 5.72. The smallest absolute Gasteiger partial charge is 0.0239 e. The fraction of sp³-hybridized carbons (Fsp3) is 0.833. The van der Waals surface area contributed by atoms with Gasteiger partial charge in [-0.2, -0.15) is 0 Å². The van der Waals surface area contributed by atoms with Crippen molar-refractivity contribution in [2.24, 2.45) is 11.8 Å². The van der Waals surface area contributed by atoms with Gasteiger partial charge in [-0.25, -0.2) is 0 Å². The van der Waals surface area contributed by atoms with Crippen LogP contribution in [0.5, 0.6) is 0 Å². The molecule has 2 atom stereocenters. The van der Waals surface area contributed by atoms with Crippen molar-refractivity contribution in [2.75, 3.05) is 0 Å². The van der Waals surface area contributed by atoms with E-state index in [1.54, 1.807) is 0 Å². The van der Waals surface area contributed by atoms with Crippen LogP contribution >= 0.6 is 0 Å². The predicted octanol–water partition coefficient (Wildman–Crippen LogP) is 4.42. The minimum Gasteiger partial charge on any atom is -0.103 e. The van der Waals surface area contributed by atoms with Crippen LogP contribution < -0.4 is 0 Å². The van der Waals surface area contributed by atoms with E-state index in [1.807, 2.05) is 0 Å². The summed E-state index contributed by atoms with van der Waals surface area (Å²) >= 11 is 0. The Bertz CT molecular complexity index is 105. The molecular weight excluding hydrogens is 144 g/mol. The van der Waals surface area contributed by atoms with Crippen LogP contribution in [0.4, 0.5) is 0 Å². The van der Waals surface area contributed by atoms with E-state index >= 15 is 0 Å². The molecule has 0 spiro atoms. The summed E-state index contributed by atoms with van der Waals surface area (Å²) in [4.78, 5) is 0. The van der Waals surface area contributed by atoms with Gasteiger partial charge in [0, 0.05) is 0 Å². The zero-order valence-electron chi connectivity index (χ0n) is 8.97. The Morgan fingerprint density at radius 3 is 2.33 bits per heavy atom. The molecule has 0 N–H and O–H groups in total. The van der Waals surface area contributed by atoms with Gasteiger partial charge in [-0.3, -0.25) is 0 Å². The van der Waals surface area contributed by atoms with Gasteiger partial charge in [0.1, 0.15) is 0 Å². The lowest BCUT2D eigenvalue weighted by Crippen LogP contribution is -2.04. The second-order valence-corrected chi connectivity index (χ2v) is 3.92. The Balaban J connectivity index is 3.30. The molecule has 0 rings (SSSR count). The van der Waals surface area contributed by atoms with E-state index in [-0.39, 0.29) is 0 Å². The van der Waals surface area contributed by atoms with Crippen molar-refractivity contribution < 1.29 is 0 Å². The molecule has 0 amide bonds. The topological polar surface area (TPSA) is 0 Å². The fourth-order valence-electron chi connectivity index (χ4n) is 1.39. The number of rotatable bonds is 7. The summed E-state index contributed by atoms with van der Waals surface area (Å²) in [7, 11) is 0. The molecule has 0 heterocycles. The SMILES string of the molecule is C=CC(C)C(C)CCCCCC. The maximum Gasteiger partial charge on any atom is -0.0239 e. The molecule has 0 nitrogen and oxygen atoms in total. The van der Waals surface area contributed by atoms with Gasteiger partial charge in [0.05, 0.1) is 0 Å².